The van der Waals surface area contributed by atoms with Crippen molar-refractivity contribution in [3.8, 4) is 0 Å². The third kappa shape index (κ3) is 6.54. The molecule has 1 unspecified atom stereocenters. The second-order valence-electron chi connectivity index (χ2n) is 11.5. The van der Waals surface area contributed by atoms with Gasteiger partial charge in [-0.05, 0) is 80.0 Å². The Morgan fingerprint density at radius 3 is 2.16 bits per heavy atom. The lowest BCUT2D eigenvalue weighted by molar-refractivity contribution is -0.0319. The fraction of sp³-hybridized carbons (Fsp3) is 0.441. The fourth-order valence-corrected chi connectivity index (χ4v) is 6.67. The first kappa shape index (κ1) is 26.6. The second kappa shape index (κ2) is 12.3. The molecule has 3 atom stereocenters. The normalized spacial score (nSPS) is 23.3. The number of carbonyl (C=O) groups is 1. The molecule has 3 aromatic rings. The van der Waals surface area contributed by atoms with Gasteiger partial charge in [0.05, 0.1) is 5.60 Å². The Hall–Kier alpha value is -2.95. The minimum absolute atomic E-state index is 0.113. The molecule has 4 heteroatoms. The number of likely N-dealkylation sites (tertiary alicyclic amines) is 1. The first-order chi connectivity index (χ1) is 18.5. The van der Waals surface area contributed by atoms with E-state index in [1.54, 1.807) is 0 Å². The predicted octanol–water partition coefficient (Wildman–Crippen LogP) is 6.17. The number of aliphatic hydroxyl groups is 1. The van der Waals surface area contributed by atoms with Crippen molar-refractivity contribution in [1.82, 2.24) is 9.80 Å². The summed E-state index contributed by atoms with van der Waals surface area (Å²) in [5, 5.41) is 11.3. The van der Waals surface area contributed by atoms with E-state index in [-0.39, 0.29) is 11.9 Å². The van der Waals surface area contributed by atoms with Crippen molar-refractivity contribution in [2.75, 3.05) is 26.7 Å². The Morgan fingerprint density at radius 1 is 0.895 bits per heavy atom. The maximum atomic E-state index is 13.2. The Balaban J connectivity index is 1.19. The molecule has 1 amide bonds. The van der Waals surface area contributed by atoms with Crippen LogP contribution in [0.1, 0.15) is 65.9 Å². The first-order valence-corrected chi connectivity index (χ1v) is 14.4. The lowest BCUT2D eigenvalue weighted by Crippen LogP contribution is -2.46. The molecule has 1 heterocycles. The lowest BCUT2D eigenvalue weighted by Gasteiger charge is -2.40. The van der Waals surface area contributed by atoms with Crippen LogP contribution < -0.4 is 0 Å². The smallest absolute Gasteiger partial charge is 0.253 e. The minimum atomic E-state index is -0.537. The SMILES string of the molecule is CN(C(=O)c1ccccc1)C1C[C@H](CN2CCC(O)(CCCc3ccccc3)CC2)[C@@H](c2ccccc2)C1. The van der Waals surface area contributed by atoms with E-state index in [1.165, 1.54) is 11.1 Å². The van der Waals surface area contributed by atoms with Crippen LogP contribution >= 0.6 is 0 Å². The molecule has 2 fully saturated rings. The highest BCUT2D eigenvalue weighted by atomic mass is 16.3. The van der Waals surface area contributed by atoms with Gasteiger partial charge in [0.15, 0.2) is 0 Å². The van der Waals surface area contributed by atoms with E-state index in [0.717, 1.165) is 70.1 Å². The zero-order chi connectivity index (χ0) is 26.4. The number of amides is 1. The second-order valence-corrected chi connectivity index (χ2v) is 11.5. The highest BCUT2D eigenvalue weighted by Crippen LogP contribution is 2.43. The molecule has 200 valence electrons. The molecule has 2 aliphatic rings. The molecule has 1 aliphatic carbocycles. The molecule has 1 saturated heterocycles. The molecular formula is C34H42N2O2. The van der Waals surface area contributed by atoms with Crippen LogP contribution in [-0.4, -0.2) is 59.1 Å². The van der Waals surface area contributed by atoms with E-state index >= 15 is 0 Å². The summed E-state index contributed by atoms with van der Waals surface area (Å²) in [4.78, 5) is 17.7. The number of aryl methyl sites for hydroxylation is 1. The van der Waals surface area contributed by atoms with Gasteiger partial charge in [0.2, 0.25) is 0 Å². The number of nitrogens with zero attached hydrogens (tertiary/aromatic N) is 2. The Kier molecular flexibility index (Phi) is 8.61. The van der Waals surface area contributed by atoms with Gasteiger partial charge < -0.3 is 14.9 Å². The van der Waals surface area contributed by atoms with Crippen LogP contribution in [0.25, 0.3) is 0 Å². The summed E-state index contributed by atoms with van der Waals surface area (Å²) < 4.78 is 0. The van der Waals surface area contributed by atoms with Gasteiger partial charge in [0, 0.05) is 38.3 Å². The van der Waals surface area contributed by atoms with Gasteiger partial charge >= 0.3 is 0 Å². The van der Waals surface area contributed by atoms with Crippen molar-refractivity contribution in [2.45, 2.75) is 62.5 Å². The molecule has 4 nitrogen and oxygen atoms in total. The Labute approximate surface area is 228 Å². The monoisotopic (exact) mass is 510 g/mol. The number of carbonyl (C=O) groups excluding carboxylic acids is 1. The van der Waals surface area contributed by atoms with Gasteiger partial charge in [0.25, 0.3) is 5.91 Å². The summed E-state index contributed by atoms with van der Waals surface area (Å²) in [5.41, 5.74) is 2.96. The average Bonchev–Trinajstić information content (AvgIpc) is 3.39. The van der Waals surface area contributed by atoms with E-state index < -0.39 is 5.60 Å². The highest BCUT2D eigenvalue weighted by Gasteiger charge is 2.40. The number of hydrogen-bond donors (Lipinski definition) is 1. The van der Waals surface area contributed by atoms with Crippen LogP contribution in [0.15, 0.2) is 91.0 Å². The third-order valence-electron chi connectivity index (χ3n) is 9.02. The predicted molar refractivity (Wildman–Crippen MR) is 154 cm³/mol. The average molecular weight is 511 g/mol. The molecule has 0 bridgehead atoms. The maximum absolute atomic E-state index is 13.2. The van der Waals surface area contributed by atoms with Crippen molar-refractivity contribution in [1.29, 1.82) is 0 Å². The van der Waals surface area contributed by atoms with E-state index in [2.05, 4.69) is 65.6 Å². The molecule has 0 radical (unpaired) electrons. The molecule has 3 aromatic carbocycles. The standard InChI is InChI=1S/C34H42N2O2/c1-35(33(37)29-17-9-4-10-18-29)31-24-30(32(25-31)28-15-7-3-8-16-28)26-36-22-20-34(38,21-23-36)19-11-14-27-12-5-2-6-13-27/h2-10,12-13,15-18,30-32,38H,11,14,19-26H2,1H3/t30-,31?,32-/m1/s1. The van der Waals surface area contributed by atoms with Crippen molar-refractivity contribution in [3.63, 3.8) is 0 Å². The van der Waals surface area contributed by atoms with Gasteiger partial charge in [0.1, 0.15) is 0 Å². The van der Waals surface area contributed by atoms with Crippen LogP contribution in [0.5, 0.6) is 0 Å². The van der Waals surface area contributed by atoms with Crippen molar-refractivity contribution in [2.24, 2.45) is 5.92 Å². The van der Waals surface area contributed by atoms with Crippen LogP contribution in [0.2, 0.25) is 0 Å². The molecule has 38 heavy (non-hydrogen) atoms. The molecule has 5 rings (SSSR count). The summed E-state index contributed by atoms with van der Waals surface area (Å²) in [6, 6.07) is 31.3. The molecule has 0 aromatic heterocycles. The summed E-state index contributed by atoms with van der Waals surface area (Å²) in [5.74, 6) is 1.05. The lowest BCUT2D eigenvalue weighted by atomic mass is 9.84. The number of rotatable bonds is 9. The Morgan fingerprint density at radius 2 is 1.50 bits per heavy atom. The topological polar surface area (TPSA) is 43.8 Å². The number of benzene rings is 3. The molecule has 0 spiro atoms. The molecule has 1 N–H and O–H groups in total. The fourth-order valence-electron chi connectivity index (χ4n) is 6.67. The summed E-state index contributed by atoms with van der Waals surface area (Å²) in [6.07, 6.45) is 6.65. The van der Waals surface area contributed by atoms with Crippen molar-refractivity contribution < 1.29 is 9.90 Å². The van der Waals surface area contributed by atoms with E-state index in [4.69, 9.17) is 0 Å². The van der Waals surface area contributed by atoms with Gasteiger partial charge in [-0.3, -0.25) is 4.79 Å². The zero-order valence-corrected chi connectivity index (χ0v) is 22.7. The Bertz CT molecular complexity index is 1140. The highest BCUT2D eigenvalue weighted by molar-refractivity contribution is 5.94. The quantitative estimate of drug-likeness (QED) is 0.374. The molecule has 1 aliphatic heterocycles. The zero-order valence-electron chi connectivity index (χ0n) is 22.7. The van der Waals surface area contributed by atoms with Crippen LogP contribution in [0.3, 0.4) is 0 Å². The summed E-state index contributed by atoms with van der Waals surface area (Å²) >= 11 is 0. The first-order valence-electron chi connectivity index (χ1n) is 14.4. The summed E-state index contributed by atoms with van der Waals surface area (Å²) in [6.45, 7) is 2.93. The third-order valence-corrected chi connectivity index (χ3v) is 9.02. The maximum Gasteiger partial charge on any atom is 0.253 e. The van der Waals surface area contributed by atoms with Gasteiger partial charge in [-0.15, -0.1) is 0 Å². The van der Waals surface area contributed by atoms with Gasteiger partial charge in [-0.1, -0.05) is 78.9 Å². The van der Waals surface area contributed by atoms with Crippen LogP contribution in [0, 0.1) is 5.92 Å². The van der Waals surface area contributed by atoms with E-state index in [0.29, 0.717) is 11.8 Å². The van der Waals surface area contributed by atoms with Gasteiger partial charge in [-0.2, -0.15) is 0 Å². The summed E-state index contributed by atoms with van der Waals surface area (Å²) in [7, 11) is 1.97. The van der Waals surface area contributed by atoms with Crippen LogP contribution in [0.4, 0.5) is 0 Å². The van der Waals surface area contributed by atoms with E-state index in [9.17, 15) is 9.90 Å². The van der Waals surface area contributed by atoms with Gasteiger partial charge in [-0.25, -0.2) is 0 Å². The van der Waals surface area contributed by atoms with Crippen molar-refractivity contribution >= 4 is 5.91 Å². The van der Waals surface area contributed by atoms with Crippen molar-refractivity contribution in [3.05, 3.63) is 108 Å². The molecule has 1 saturated carbocycles. The number of piperidine rings is 1. The minimum Gasteiger partial charge on any atom is -0.390 e. The molecular weight excluding hydrogens is 468 g/mol. The van der Waals surface area contributed by atoms with Crippen LogP contribution in [-0.2, 0) is 6.42 Å². The number of hydrogen-bond acceptors (Lipinski definition) is 3. The largest absolute Gasteiger partial charge is 0.390 e. The van der Waals surface area contributed by atoms with E-state index in [1.807, 2.05) is 42.3 Å².